The van der Waals surface area contributed by atoms with E-state index in [1.807, 2.05) is 0 Å². The fourth-order valence-electron chi connectivity index (χ4n) is 2.65. The van der Waals surface area contributed by atoms with Crippen molar-refractivity contribution in [1.29, 1.82) is 0 Å². The summed E-state index contributed by atoms with van der Waals surface area (Å²) in [6, 6.07) is 9.78. The third-order valence-electron chi connectivity index (χ3n) is 4.18. The summed E-state index contributed by atoms with van der Waals surface area (Å²) in [6.45, 7) is 1.52. The Bertz CT molecular complexity index is 1150. The quantitative estimate of drug-likeness (QED) is 0.652. The van der Waals surface area contributed by atoms with Crippen LogP contribution in [0, 0.1) is 12.7 Å². The molecule has 7 nitrogen and oxygen atoms in total. The number of benzene rings is 2. The van der Waals surface area contributed by atoms with E-state index in [1.165, 1.54) is 63.5 Å². The van der Waals surface area contributed by atoms with E-state index in [4.69, 9.17) is 16.1 Å². The highest BCUT2D eigenvalue weighted by Gasteiger charge is 2.25. The van der Waals surface area contributed by atoms with Crippen LogP contribution >= 0.6 is 11.6 Å². The molecule has 1 aromatic heterocycles. The Kier molecular flexibility index (Phi) is 5.74. The predicted molar refractivity (Wildman–Crippen MR) is 107 cm³/mol. The number of rotatable bonds is 5. The Morgan fingerprint density at radius 3 is 2.41 bits per heavy atom. The number of sulfonamides is 1. The molecule has 10 heteroatoms. The number of halogens is 2. The molecule has 3 aromatic rings. The van der Waals surface area contributed by atoms with Crippen LogP contribution in [0.15, 0.2) is 51.9 Å². The molecule has 0 saturated carbocycles. The van der Waals surface area contributed by atoms with Crippen molar-refractivity contribution in [3.8, 4) is 11.3 Å². The Balaban J connectivity index is 1.93. The molecular weight excluding hydrogens is 421 g/mol. The monoisotopic (exact) mass is 437 g/mol. The lowest BCUT2D eigenvalue weighted by atomic mass is 10.0. The molecule has 3 rings (SSSR count). The second-order valence-electron chi connectivity index (χ2n) is 6.32. The van der Waals surface area contributed by atoms with Crippen LogP contribution in [0.5, 0.6) is 0 Å². The van der Waals surface area contributed by atoms with E-state index in [9.17, 15) is 17.6 Å². The van der Waals surface area contributed by atoms with Gasteiger partial charge in [-0.3, -0.25) is 4.79 Å². The Hall–Kier alpha value is -2.75. The molecule has 0 spiro atoms. The standard InChI is InChI=1S/C19H17ClFN3O4S/c1-11-16(18(23-28-11)17-14(20)5-4-6-15(17)21)19(25)22-12-7-9-13(10-8-12)29(26,27)24(2)3/h4-10H,1-3H3,(H,22,25). The van der Waals surface area contributed by atoms with E-state index in [0.29, 0.717) is 5.69 Å². The fraction of sp³-hybridized carbons (Fsp3) is 0.158. The first-order chi connectivity index (χ1) is 13.6. The molecule has 0 aliphatic heterocycles. The third-order valence-corrected chi connectivity index (χ3v) is 6.32. The fourth-order valence-corrected chi connectivity index (χ4v) is 3.80. The number of aryl methyl sites for hydroxylation is 1. The first-order valence-electron chi connectivity index (χ1n) is 8.37. The molecule has 2 aromatic carbocycles. The van der Waals surface area contributed by atoms with Gasteiger partial charge in [0.15, 0.2) is 0 Å². The molecule has 0 unspecified atom stereocenters. The number of hydrogen-bond acceptors (Lipinski definition) is 5. The SMILES string of the molecule is Cc1onc(-c2c(F)cccc2Cl)c1C(=O)Nc1ccc(S(=O)(=O)N(C)C)cc1. The average Bonchev–Trinajstić information content (AvgIpc) is 3.03. The summed E-state index contributed by atoms with van der Waals surface area (Å²) < 4.78 is 44.7. The molecule has 29 heavy (non-hydrogen) atoms. The summed E-state index contributed by atoms with van der Waals surface area (Å²) >= 11 is 6.08. The minimum Gasteiger partial charge on any atom is -0.360 e. The second-order valence-corrected chi connectivity index (χ2v) is 8.88. The van der Waals surface area contributed by atoms with Crippen molar-refractivity contribution < 1.29 is 22.1 Å². The highest BCUT2D eigenvalue weighted by atomic mass is 35.5. The molecule has 0 bridgehead atoms. The molecule has 1 N–H and O–H groups in total. The molecule has 152 valence electrons. The normalized spacial score (nSPS) is 11.7. The largest absolute Gasteiger partial charge is 0.360 e. The molecule has 0 fully saturated rings. The molecular formula is C19H17ClFN3O4S. The zero-order valence-corrected chi connectivity index (χ0v) is 17.3. The maximum absolute atomic E-state index is 14.3. The van der Waals surface area contributed by atoms with Crippen LogP contribution in [-0.4, -0.2) is 37.9 Å². The lowest BCUT2D eigenvalue weighted by Crippen LogP contribution is -2.22. The van der Waals surface area contributed by atoms with E-state index in [-0.39, 0.29) is 32.5 Å². The van der Waals surface area contributed by atoms with E-state index in [1.54, 1.807) is 0 Å². The van der Waals surface area contributed by atoms with Crippen LogP contribution in [0.25, 0.3) is 11.3 Å². The maximum atomic E-state index is 14.3. The highest BCUT2D eigenvalue weighted by Crippen LogP contribution is 2.33. The van der Waals surface area contributed by atoms with Gasteiger partial charge >= 0.3 is 0 Å². The lowest BCUT2D eigenvalue weighted by molar-refractivity contribution is 0.102. The van der Waals surface area contributed by atoms with Crippen LogP contribution < -0.4 is 5.32 Å². The number of anilines is 1. The van der Waals surface area contributed by atoms with Crippen molar-refractivity contribution in [3.63, 3.8) is 0 Å². The Morgan fingerprint density at radius 2 is 1.83 bits per heavy atom. The Morgan fingerprint density at radius 1 is 1.17 bits per heavy atom. The number of aromatic nitrogens is 1. The van der Waals surface area contributed by atoms with Gasteiger partial charge in [-0.25, -0.2) is 17.1 Å². The molecule has 0 saturated heterocycles. The summed E-state index contributed by atoms with van der Waals surface area (Å²) in [4.78, 5) is 12.9. The predicted octanol–water partition coefficient (Wildman–Crippen LogP) is 3.95. The molecule has 0 aliphatic rings. The molecule has 0 radical (unpaired) electrons. The van der Waals surface area contributed by atoms with Crippen molar-refractivity contribution in [3.05, 3.63) is 64.6 Å². The van der Waals surface area contributed by atoms with Gasteiger partial charge in [-0.1, -0.05) is 22.8 Å². The van der Waals surface area contributed by atoms with Crippen molar-refractivity contribution in [1.82, 2.24) is 9.46 Å². The zero-order chi connectivity index (χ0) is 21.3. The third kappa shape index (κ3) is 4.02. The van der Waals surface area contributed by atoms with Crippen LogP contribution in [0.3, 0.4) is 0 Å². The van der Waals surface area contributed by atoms with Crippen molar-refractivity contribution in [2.45, 2.75) is 11.8 Å². The smallest absolute Gasteiger partial charge is 0.261 e. The Labute approximate surface area is 172 Å². The average molecular weight is 438 g/mol. The first-order valence-corrected chi connectivity index (χ1v) is 10.2. The number of nitrogens with one attached hydrogen (secondary N) is 1. The summed E-state index contributed by atoms with van der Waals surface area (Å²) in [5.74, 6) is -1.05. The minimum absolute atomic E-state index is 0.0186. The molecule has 1 amide bonds. The first kappa shape index (κ1) is 21.0. The van der Waals surface area contributed by atoms with Gasteiger partial charge in [-0.05, 0) is 43.3 Å². The number of carbonyl (C=O) groups is 1. The maximum Gasteiger partial charge on any atom is 0.261 e. The van der Waals surface area contributed by atoms with Gasteiger partial charge in [-0.15, -0.1) is 0 Å². The van der Waals surface area contributed by atoms with Gasteiger partial charge in [0.1, 0.15) is 22.8 Å². The zero-order valence-electron chi connectivity index (χ0n) is 15.7. The van der Waals surface area contributed by atoms with Crippen molar-refractivity contribution >= 4 is 33.2 Å². The van der Waals surface area contributed by atoms with Crippen LogP contribution in [0.4, 0.5) is 10.1 Å². The van der Waals surface area contributed by atoms with E-state index < -0.39 is 21.7 Å². The van der Waals surface area contributed by atoms with Gasteiger partial charge in [0.25, 0.3) is 5.91 Å². The summed E-state index contributed by atoms with van der Waals surface area (Å²) in [6.07, 6.45) is 0. The van der Waals surface area contributed by atoms with Gasteiger partial charge in [0.05, 0.1) is 15.5 Å². The van der Waals surface area contributed by atoms with Gasteiger partial charge in [0.2, 0.25) is 10.0 Å². The molecule has 0 aliphatic carbocycles. The second kappa shape index (κ2) is 7.94. The lowest BCUT2D eigenvalue weighted by Gasteiger charge is -2.12. The van der Waals surface area contributed by atoms with E-state index in [0.717, 1.165) is 4.31 Å². The van der Waals surface area contributed by atoms with Crippen LogP contribution in [0.1, 0.15) is 16.1 Å². The summed E-state index contributed by atoms with van der Waals surface area (Å²) in [7, 11) is -0.734. The van der Waals surface area contributed by atoms with Crippen LogP contribution in [-0.2, 0) is 10.0 Å². The van der Waals surface area contributed by atoms with Crippen molar-refractivity contribution in [2.24, 2.45) is 0 Å². The number of hydrogen-bond donors (Lipinski definition) is 1. The minimum atomic E-state index is -3.59. The van der Waals surface area contributed by atoms with Gasteiger partial charge in [0, 0.05) is 19.8 Å². The van der Waals surface area contributed by atoms with E-state index >= 15 is 0 Å². The van der Waals surface area contributed by atoms with Crippen LogP contribution in [0.2, 0.25) is 5.02 Å². The molecule has 0 atom stereocenters. The van der Waals surface area contributed by atoms with Gasteiger partial charge < -0.3 is 9.84 Å². The summed E-state index contributed by atoms with van der Waals surface area (Å²) in [5, 5.41) is 6.51. The topological polar surface area (TPSA) is 92.5 Å². The highest BCUT2D eigenvalue weighted by molar-refractivity contribution is 7.89. The number of nitrogens with zero attached hydrogens (tertiary/aromatic N) is 2. The van der Waals surface area contributed by atoms with Gasteiger partial charge in [-0.2, -0.15) is 0 Å². The number of carbonyl (C=O) groups excluding carboxylic acids is 1. The van der Waals surface area contributed by atoms with Crippen molar-refractivity contribution in [2.75, 3.05) is 19.4 Å². The number of amides is 1. The van der Waals surface area contributed by atoms with E-state index in [2.05, 4.69) is 10.5 Å². The summed E-state index contributed by atoms with van der Waals surface area (Å²) in [5.41, 5.74) is 0.319. The molecule has 1 heterocycles.